The molecule has 0 radical (unpaired) electrons. The fourth-order valence-corrected chi connectivity index (χ4v) is 1.11. The van der Waals surface area contributed by atoms with Gasteiger partial charge in [0.05, 0.1) is 6.61 Å². The van der Waals surface area contributed by atoms with Crippen molar-refractivity contribution in [1.82, 2.24) is 0 Å². The van der Waals surface area contributed by atoms with Crippen LogP contribution in [0.25, 0.3) is 0 Å². The molecule has 1 atom stereocenters. The molecule has 4 heteroatoms. The second-order valence-electron chi connectivity index (χ2n) is 4.03. The zero-order valence-corrected chi connectivity index (χ0v) is 9.79. The van der Waals surface area contributed by atoms with E-state index in [9.17, 15) is 9.90 Å². The molecule has 15 heavy (non-hydrogen) atoms. The molecule has 1 unspecified atom stereocenters. The van der Waals surface area contributed by atoms with Gasteiger partial charge in [-0.05, 0) is 13.3 Å². The Morgan fingerprint density at radius 1 is 1.33 bits per heavy atom. The summed E-state index contributed by atoms with van der Waals surface area (Å²) in [5.74, 6) is -0.625. The lowest BCUT2D eigenvalue weighted by atomic mass is 10.1. The lowest BCUT2D eigenvalue weighted by Gasteiger charge is -2.18. The number of hydrogen-bond acceptors (Lipinski definition) is 4. The molecule has 0 aromatic carbocycles. The Kier molecular flexibility index (Phi) is 7.34. The van der Waals surface area contributed by atoms with Gasteiger partial charge in [0.2, 0.25) is 0 Å². The van der Waals surface area contributed by atoms with Crippen molar-refractivity contribution in [2.45, 2.75) is 51.6 Å². The summed E-state index contributed by atoms with van der Waals surface area (Å²) >= 11 is 0. The molecule has 4 nitrogen and oxygen atoms in total. The van der Waals surface area contributed by atoms with Gasteiger partial charge < -0.3 is 15.6 Å². The monoisotopic (exact) mass is 217 g/mol. The quantitative estimate of drug-likeness (QED) is 0.473. The van der Waals surface area contributed by atoms with Gasteiger partial charge in [0, 0.05) is 6.54 Å². The molecule has 0 aliphatic heterocycles. The molecule has 0 rings (SSSR count). The van der Waals surface area contributed by atoms with Crippen molar-refractivity contribution in [1.29, 1.82) is 0 Å². The van der Waals surface area contributed by atoms with Gasteiger partial charge in [0.15, 0.2) is 5.60 Å². The molecule has 0 bridgehead atoms. The second-order valence-corrected chi connectivity index (χ2v) is 4.03. The van der Waals surface area contributed by atoms with Crippen molar-refractivity contribution < 1.29 is 14.6 Å². The molecule has 0 spiro atoms. The highest BCUT2D eigenvalue weighted by molar-refractivity contribution is 5.78. The van der Waals surface area contributed by atoms with Crippen LogP contribution in [0.1, 0.15) is 46.0 Å². The summed E-state index contributed by atoms with van der Waals surface area (Å²) in [4.78, 5) is 11.2. The molecule has 3 N–H and O–H groups in total. The number of unbranched alkanes of at least 4 members (excludes halogenated alkanes) is 4. The highest BCUT2D eigenvalue weighted by Gasteiger charge is 2.29. The average Bonchev–Trinajstić information content (AvgIpc) is 2.22. The first-order valence-electron chi connectivity index (χ1n) is 5.64. The number of nitrogens with two attached hydrogens (primary N) is 1. The van der Waals surface area contributed by atoms with Crippen LogP contribution in [-0.4, -0.2) is 29.8 Å². The normalized spacial score (nSPS) is 14.7. The maximum atomic E-state index is 11.2. The molecule has 0 fully saturated rings. The summed E-state index contributed by atoms with van der Waals surface area (Å²) in [6.07, 6.45) is 5.50. The van der Waals surface area contributed by atoms with Crippen LogP contribution in [0.5, 0.6) is 0 Å². The Balaban J connectivity index is 3.47. The molecule has 0 aromatic rings. The zero-order valence-electron chi connectivity index (χ0n) is 9.79. The number of carbonyl (C=O) groups excluding carboxylic acids is 1. The number of carbonyl (C=O) groups is 1. The third kappa shape index (κ3) is 6.47. The molecule has 0 aliphatic carbocycles. The molecule has 0 heterocycles. The van der Waals surface area contributed by atoms with Crippen molar-refractivity contribution in [3.05, 3.63) is 0 Å². The van der Waals surface area contributed by atoms with E-state index >= 15 is 0 Å². The van der Waals surface area contributed by atoms with E-state index in [0.29, 0.717) is 6.61 Å². The van der Waals surface area contributed by atoms with Crippen LogP contribution in [0.3, 0.4) is 0 Å². The van der Waals surface area contributed by atoms with Gasteiger partial charge in [-0.15, -0.1) is 0 Å². The maximum Gasteiger partial charge on any atom is 0.339 e. The Bertz CT molecular complexity index is 181. The summed E-state index contributed by atoms with van der Waals surface area (Å²) in [6.45, 7) is 3.78. The van der Waals surface area contributed by atoms with E-state index in [1.54, 1.807) is 0 Å². The number of aliphatic hydroxyl groups is 1. The Labute approximate surface area is 91.8 Å². The van der Waals surface area contributed by atoms with E-state index in [1.807, 2.05) is 0 Å². The number of esters is 1. The van der Waals surface area contributed by atoms with Crippen LogP contribution >= 0.6 is 0 Å². The van der Waals surface area contributed by atoms with Gasteiger partial charge >= 0.3 is 5.97 Å². The van der Waals surface area contributed by atoms with E-state index in [2.05, 4.69) is 6.92 Å². The molecule has 0 amide bonds. The topological polar surface area (TPSA) is 72.5 Å². The van der Waals surface area contributed by atoms with Gasteiger partial charge in [-0.25, -0.2) is 4.79 Å². The minimum absolute atomic E-state index is 0.109. The molecule has 90 valence electrons. The Morgan fingerprint density at radius 2 is 1.93 bits per heavy atom. The summed E-state index contributed by atoms with van der Waals surface area (Å²) in [7, 11) is 0. The minimum Gasteiger partial charge on any atom is -0.464 e. The molecule has 0 saturated heterocycles. The van der Waals surface area contributed by atoms with Gasteiger partial charge in [-0.1, -0.05) is 32.6 Å². The SMILES string of the molecule is CCCCCCCOC(=O)C(C)(O)CN. The van der Waals surface area contributed by atoms with Crippen LogP contribution < -0.4 is 5.73 Å². The van der Waals surface area contributed by atoms with Gasteiger partial charge in [0.1, 0.15) is 0 Å². The van der Waals surface area contributed by atoms with Crippen LogP contribution in [0.2, 0.25) is 0 Å². The fraction of sp³-hybridized carbons (Fsp3) is 0.909. The molecule has 0 aliphatic rings. The largest absolute Gasteiger partial charge is 0.464 e. The highest BCUT2D eigenvalue weighted by Crippen LogP contribution is 2.06. The van der Waals surface area contributed by atoms with Crippen LogP contribution in [0.4, 0.5) is 0 Å². The first-order chi connectivity index (χ1) is 7.04. The summed E-state index contributed by atoms with van der Waals surface area (Å²) in [5, 5.41) is 9.43. The lowest BCUT2D eigenvalue weighted by molar-refractivity contribution is -0.162. The molecule has 0 aromatic heterocycles. The van der Waals surface area contributed by atoms with Crippen LogP contribution in [-0.2, 0) is 9.53 Å². The number of rotatable bonds is 8. The van der Waals surface area contributed by atoms with Gasteiger partial charge in [0.25, 0.3) is 0 Å². The third-order valence-electron chi connectivity index (χ3n) is 2.32. The predicted molar refractivity (Wildman–Crippen MR) is 59.4 cm³/mol. The van der Waals surface area contributed by atoms with Crippen molar-refractivity contribution in [3.63, 3.8) is 0 Å². The van der Waals surface area contributed by atoms with E-state index in [4.69, 9.17) is 10.5 Å². The maximum absolute atomic E-state index is 11.2. The molecular weight excluding hydrogens is 194 g/mol. The average molecular weight is 217 g/mol. The van der Waals surface area contributed by atoms with Crippen LogP contribution in [0, 0.1) is 0 Å². The second kappa shape index (κ2) is 7.65. The lowest BCUT2D eigenvalue weighted by Crippen LogP contribution is -2.43. The highest BCUT2D eigenvalue weighted by atomic mass is 16.5. The van der Waals surface area contributed by atoms with E-state index < -0.39 is 11.6 Å². The first-order valence-corrected chi connectivity index (χ1v) is 5.64. The number of hydrogen-bond donors (Lipinski definition) is 2. The summed E-state index contributed by atoms with van der Waals surface area (Å²) in [5.41, 5.74) is 3.69. The predicted octanol–water partition coefficient (Wildman–Crippen LogP) is 1.21. The van der Waals surface area contributed by atoms with Crippen molar-refractivity contribution in [2.24, 2.45) is 5.73 Å². The zero-order chi connectivity index (χ0) is 11.7. The van der Waals surface area contributed by atoms with E-state index in [-0.39, 0.29) is 6.54 Å². The fourth-order valence-electron chi connectivity index (χ4n) is 1.11. The minimum atomic E-state index is -1.54. The third-order valence-corrected chi connectivity index (χ3v) is 2.32. The van der Waals surface area contributed by atoms with Crippen molar-refractivity contribution >= 4 is 5.97 Å². The molecule has 0 saturated carbocycles. The van der Waals surface area contributed by atoms with Gasteiger partial charge in [-0.3, -0.25) is 0 Å². The van der Waals surface area contributed by atoms with Crippen molar-refractivity contribution in [2.75, 3.05) is 13.2 Å². The van der Waals surface area contributed by atoms with Crippen LogP contribution in [0.15, 0.2) is 0 Å². The Hall–Kier alpha value is -0.610. The summed E-state index contributed by atoms with van der Waals surface area (Å²) < 4.78 is 4.91. The summed E-state index contributed by atoms with van der Waals surface area (Å²) in [6, 6.07) is 0. The van der Waals surface area contributed by atoms with Crippen molar-refractivity contribution in [3.8, 4) is 0 Å². The Morgan fingerprint density at radius 3 is 2.47 bits per heavy atom. The standard InChI is InChI=1S/C11H23NO3/c1-3-4-5-6-7-8-15-10(13)11(2,14)9-12/h14H,3-9,12H2,1-2H3. The number of ether oxygens (including phenoxy) is 1. The van der Waals surface area contributed by atoms with Gasteiger partial charge in [-0.2, -0.15) is 0 Å². The van der Waals surface area contributed by atoms with E-state index in [0.717, 1.165) is 12.8 Å². The van der Waals surface area contributed by atoms with E-state index in [1.165, 1.54) is 26.2 Å². The first kappa shape index (κ1) is 14.4. The smallest absolute Gasteiger partial charge is 0.339 e. The molecular formula is C11H23NO3.